The lowest BCUT2D eigenvalue weighted by molar-refractivity contribution is -0.134. The van der Waals surface area contributed by atoms with Gasteiger partial charge in [-0.25, -0.2) is 9.59 Å². The normalized spacial score (nSPS) is 12.6. The second-order valence-electron chi connectivity index (χ2n) is 8.89. The van der Waals surface area contributed by atoms with Crippen molar-refractivity contribution in [3.05, 3.63) is 113 Å². The molecule has 10 heteroatoms. The maximum atomic E-state index is 9.73. The van der Waals surface area contributed by atoms with E-state index in [4.69, 9.17) is 21.8 Å². The average molecular weight is 593 g/mol. The molecule has 0 bridgehead atoms. The Hall–Kier alpha value is -3.27. The first-order valence-corrected chi connectivity index (χ1v) is 12.8. The van der Waals surface area contributed by atoms with Crippen molar-refractivity contribution in [2.24, 2.45) is 0 Å². The Labute approximate surface area is 247 Å². The summed E-state index contributed by atoms with van der Waals surface area (Å²) < 4.78 is 0. The van der Waals surface area contributed by atoms with Crippen LogP contribution in [0, 0.1) is 0 Å². The number of hydrogen-bond acceptors (Lipinski definition) is 6. The third-order valence-corrected chi connectivity index (χ3v) is 5.87. The van der Waals surface area contributed by atoms with Gasteiger partial charge in [0.2, 0.25) is 0 Å². The SMILES string of the molecule is CN(C)CCC(c1ccc(Cl)cc1)c1ccccn1.CNC(C)C(O)c1ccccc1.Cl.O=C(O)/C=C\C(=O)O. The zero-order chi connectivity index (χ0) is 29.2. The molecule has 0 amide bonds. The van der Waals surface area contributed by atoms with E-state index in [1.807, 2.05) is 74.8 Å². The number of carboxylic acids is 2. The number of carbonyl (C=O) groups is 2. The summed E-state index contributed by atoms with van der Waals surface area (Å²) in [6, 6.07) is 23.9. The van der Waals surface area contributed by atoms with Gasteiger partial charge >= 0.3 is 11.9 Å². The van der Waals surface area contributed by atoms with Crippen molar-refractivity contribution >= 4 is 35.9 Å². The molecule has 4 N–H and O–H groups in total. The zero-order valence-corrected chi connectivity index (χ0v) is 24.7. The van der Waals surface area contributed by atoms with E-state index in [1.165, 1.54) is 5.56 Å². The highest BCUT2D eigenvalue weighted by Crippen LogP contribution is 2.27. The number of aliphatic hydroxyl groups is 1. The summed E-state index contributed by atoms with van der Waals surface area (Å²) in [7, 11) is 6.03. The summed E-state index contributed by atoms with van der Waals surface area (Å²) in [5, 5.41) is 29.1. The number of nitrogens with zero attached hydrogens (tertiary/aromatic N) is 2. The van der Waals surface area contributed by atoms with Gasteiger partial charge in [-0.05, 0) is 76.4 Å². The van der Waals surface area contributed by atoms with Gasteiger partial charge in [-0.2, -0.15) is 0 Å². The predicted octanol–water partition coefficient (Wildman–Crippen LogP) is 5.28. The molecule has 0 saturated carbocycles. The van der Waals surface area contributed by atoms with Gasteiger partial charge in [-0.3, -0.25) is 4.98 Å². The molecule has 40 heavy (non-hydrogen) atoms. The van der Waals surface area contributed by atoms with E-state index in [0.29, 0.717) is 18.1 Å². The Balaban J connectivity index is 0.000000624. The fraction of sp³-hybridized carbons (Fsp3) is 0.300. The molecule has 8 nitrogen and oxygen atoms in total. The second kappa shape index (κ2) is 20.6. The molecule has 3 rings (SSSR count). The van der Waals surface area contributed by atoms with Gasteiger partial charge in [-0.1, -0.05) is 60.1 Å². The molecule has 2 aromatic carbocycles. The molecule has 0 spiro atoms. The molecule has 1 aromatic heterocycles. The number of pyridine rings is 1. The summed E-state index contributed by atoms with van der Waals surface area (Å²) in [4.78, 5) is 25.8. The Bertz CT molecular complexity index is 1120. The fourth-order valence-electron chi connectivity index (χ4n) is 3.39. The van der Waals surface area contributed by atoms with Crippen molar-refractivity contribution in [3.8, 4) is 0 Å². The maximum Gasteiger partial charge on any atom is 0.328 e. The summed E-state index contributed by atoms with van der Waals surface area (Å²) in [6.45, 7) is 2.99. The minimum atomic E-state index is -1.26. The fourth-order valence-corrected chi connectivity index (χ4v) is 3.52. The number of benzene rings is 2. The van der Waals surface area contributed by atoms with Crippen molar-refractivity contribution in [2.75, 3.05) is 27.7 Å². The number of aliphatic hydroxyl groups excluding tert-OH is 1. The number of halogens is 2. The number of aliphatic carboxylic acids is 2. The van der Waals surface area contributed by atoms with Gasteiger partial charge in [0, 0.05) is 41.0 Å². The number of hydrogen-bond donors (Lipinski definition) is 4. The van der Waals surface area contributed by atoms with E-state index >= 15 is 0 Å². The predicted molar refractivity (Wildman–Crippen MR) is 162 cm³/mol. The Kier molecular flexibility index (Phi) is 18.9. The van der Waals surface area contributed by atoms with Gasteiger partial charge < -0.3 is 25.5 Å². The summed E-state index contributed by atoms with van der Waals surface area (Å²) in [5.74, 6) is -2.19. The molecule has 0 aliphatic rings. The molecule has 0 fully saturated rings. The number of nitrogens with one attached hydrogen (secondary N) is 1. The average Bonchev–Trinajstić information content (AvgIpc) is 2.93. The minimum Gasteiger partial charge on any atom is -0.478 e. The zero-order valence-electron chi connectivity index (χ0n) is 23.1. The monoisotopic (exact) mass is 591 g/mol. The smallest absolute Gasteiger partial charge is 0.328 e. The van der Waals surface area contributed by atoms with Crippen LogP contribution in [0.3, 0.4) is 0 Å². The quantitative estimate of drug-likeness (QED) is 0.235. The Morgan fingerprint density at radius 1 is 0.925 bits per heavy atom. The minimum absolute atomic E-state index is 0. The molecule has 0 radical (unpaired) electrons. The molecule has 218 valence electrons. The second-order valence-corrected chi connectivity index (χ2v) is 9.33. The number of rotatable bonds is 10. The lowest BCUT2D eigenvalue weighted by Gasteiger charge is -2.19. The molecule has 3 atom stereocenters. The first-order valence-electron chi connectivity index (χ1n) is 12.4. The topological polar surface area (TPSA) is 123 Å². The molecule has 0 aliphatic carbocycles. The Morgan fingerprint density at radius 2 is 1.48 bits per heavy atom. The molecule has 3 unspecified atom stereocenters. The third-order valence-electron chi connectivity index (χ3n) is 5.62. The highest BCUT2D eigenvalue weighted by Gasteiger charge is 2.15. The lowest BCUT2D eigenvalue weighted by atomic mass is 9.92. The Morgan fingerprint density at radius 3 is 1.93 bits per heavy atom. The maximum absolute atomic E-state index is 9.73. The van der Waals surface area contributed by atoms with Crippen LogP contribution in [0.25, 0.3) is 0 Å². The van der Waals surface area contributed by atoms with Crippen molar-refractivity contribution < 1.29 is 24.9 Å². The molecule has 0 aliphatic heterocycles. The third kappa shape index (κ3) is 15.4. The van der Waals surface area contributed by atoms with Crippen LogP contribution >= 0.6 is 24.0 Å². The first kappa shape index (κ1) is 36.7. The van der Waals surface area contributed by atoms with Crippen LogP contribution in [-0.4, -0.2) is 70.9 Å². The van der Waals surface area contributed by atoms with Crippen LogP contribution < -0.4 is 5.32 Å². The van der Waals surface area contributed by atoms with Gasteiger partial charge in [0.1, 0.15) is 0 Å². The molecule has 0 saturated heterocycles. The molecular weight excluding hydrogens is 553 g/mol. The van der Waals surface area contributed by atoms with Crippen LogP contribution in [0.4, 0.5) is 0 Å². The lowest BCUT2D eigenvalue weighted by Crippen LogP contribution is -2.28. The van der Waals surface area contributed by atoms with Crippen molar-refractivity contribution in [2.45, 2.75) is 31.4 Å². The van der Waals surface area contributed by atoms with E-state index in [0.717, 1.165) is 29.2 Å². The standard InChI is InChI=1S/C16H19ClN2.C10H15NO.C4H4O4.ClH/c1-19(2)12-10-15(16-5-3-4-11-18-16)13-6-8-14(17)9-7-13;1-8(11-2)10(12)9-6-4-3-5-7-9;5-3(6)1-2-4(7)8;/h3-9,11,15H,10,12H2,1-2H3;3-8,10-12H,1-2H3;1-2H,(H,5,6)(H,7,8);1H/b;;2-1-;. The molecular formula is C30H39Cl2N3O5. The summed E-state index contributed by atoms with van der Waals surface area (Å²) in [6.07, 6.45) is 3.60. The van der Waals surface area contributed by atoms with Gasteiger partial charge in [0.25, 0.3) is 0 Å². The summed E-state index contributed by atoms with van der Waals surface area (Å²) >= 11 is 5.97. The van der Waals surface area contributed by atoms with E-state index in [1.54, 1.807) is 0 Å². The highest BCUT2D eigenvalue weighted by molar-refractivity contribution is 6.30. The van der Waals surface area contributed by atoms with E-state index in [2.05, 4.69) is 47.5 Å². The van der Waals surface area contributed by atoms with Gasteiger partial charge in [-0.15, -0.1) is 12.4 Å². The van der Waals surface area contributed by atoms with Crippen molar-refractivity contribution in [3.63, 3.8) is 0 Å². The largest absolute Gasteiger partial charge is 0.478 e. The van der Waals surface area contributed by atoms with Crippen LogP contribution in [0.1, 0.15) is 42.2 Å². The first-order chi connectivity index (χ1) is 18.5. The van der Waals surface area contributed by atoms with Crippen molar-refractivity contribution in [1.29, 1.82) is 0 Å². The van der Waals surface area contributed by atoms with Crippen molar-refractivity contribution in [1.82, 2.24) is 15.2 Å². The summed E-state index contributed by atoms with van der Waals surface area (Å²) in [5.41, 5.74) is 3.34. The van der Waals surface area contributed by atoms with Crippen LogP contribution in [0.2, 0.25) is 5.02 Å². The van der Waals surface area contributed by atoms with E-state index < -0.39 is 18.0 Å². The van der Waals surface area contributed by atoms with E-state index in [-0.39, 0.29) is 18.4 Å². The number of aromatic nitrogens is 1. The molecule has 3 aromatic rings. The van der Waals surface area contributed by atoms with Crippen LogP contribution in [0.5, 0.6) is 0 Å². The number of carboxylic acid groups (broad SMARTS) is 2. The highest BCUT2D eigenvalue weighted by atomic mass is 35.5. The number of likely N-dealkylation sites (N-methyl/N-ethyl adjacent to an activating group) is 1. The van der Waals surface area contributed by atoms with Gasteiger partial charge in [0.15, 0.2) is 0 Å². The van der Waals surface area contributed by atoms with Crippen LogP contribution in [0.15, 0.2) is 91.1 Å². The molecule has 1 heterocycles. The van der Waals surface area contributed by atoms with Crippen LogP contribution in [-0.2, 0) is 9.59 Å². The van der Waals surface area contributed by atoms with E-state index in [9.17, 15) is 14.7 Å². The van der Waals surface area contributed by atoms with Gasteiger partial charge in [0.05, 0.1) is 6.10 Å².